The van der Waals surface area contributed by atoms with Gasteiger partial charge in [-0.3, -0.25) is 9.59 Å². The molecule has 0 aliphatic carbocycles. The molecule has 0 saturated heterocycles. The molecule has 0 radical (unpaired) electrons. The first kappa shape index (κ1) is 17.6. The van der Waals surface area contributed by atoms with Crippen LogP contribution in [0.5, 0.6) is 11.5 Å². The van der Waals surface area contributed by atoms with E-state index in [1.54, 1.807) is 54.4 Å². The Morgan fingerprint density at radius 1 is 0.857 bits per heavy atom. The van der Waals surface area contributed by atoms with Gasteiger partial charge in [-0.25, -0.2) is 0 Å². The number of nitrogens with zero attached hydrogens (tertiary/aromatic N) is 1. The molecule has 0 bridgehead atoms. The molecule has 6 nitrogen and oxygen atoms in total. The smallest absolute Gasteiger partial charge is 0.258 e. The van der Waals surface area contributed by atoms with E-state index in [1.807, 2.05) is 30.3 Å². The van der Waals surface area contributed by atoms with Gasteiger partial charge in [-0.05, 0) is 42.5 Å². The number of carbonyl (C=O) groups is 2. The topological polar surface area (TPSA) is 67.9 Å². The lowest BCUT2D eigenvalue weighted by Gasteiger charge is -2.17. The van der Waals surface area contributed by atoms with E-state index in [2.05, 4.69) is 5.32 Å². The van der Waals surface area contributed by atoms with Gasteiger partial charge >= 0.3 is 0 Å². The van der Waals surface area contributed by atoms with Crippen LogP contribution >= 0.6 is 0 Å². The first-order chi connectivity index (χ1) is 13.6. The number of amides is 2. The van der Waals surface area contributed by atoms with Crippen LogP contribution in [0.15, 0.2) is 72.8 Å². The van der Waals surface area contributed by atoms with E-state index >= 15 is 0 Å². The number of rotatable bonds is 4. The zero-order valence-corrected chi connectivity index (χ0v) is 15.2. The highest BCUT2D eigenvalue weighted by Crippen LogP contribution is 2.34. The molecule has 6 heteroatoms. The number of ether oxygens (including phenoxy) is 2. The Labute approximate surface area is 162 Å². The van der Waals surface area contributed by atoms with Gasteiger partial charge in [-0.1, -0.05) is 24.3 Å². The van der Waals surface area contributed by atoms with Gasteiger partial charge in [-0.2, -0.15) is 0 Å². The van der Waals surface area contributed by atoms with Crippen molar-refractivity contribution in [3.63, 3.8) is 0 Å². The summed E-state index contributed by atoms with van der Waals surface area (Å²) < 4.78 is 10.6. The summed E-state index contributed by atoms with van der Waals surface area (Å²) >= 11 is 0. The molecular formula is C22H18N2O4. The van der Waals surface area contributed by atoms with Gasteiger partial charge in [0.15, 0.2) is 11.5 Å². The summed E-state index contributed by atoms with van der Waals surface area (Å²) in [5, 5.41) is 2.82. The van der Waals surface area contributed by atoms with E-state index in [0.717, 1.165) is 5.69 Å². The lowest BCUT2D eigenvalue weighted by molar-refractivity contribution is 0.0993. The maximum absolute atomic E-state index is 12.8. The second-order valence-corrected chi connectivity index (χ2v) is 6.30. The molecule has 0 unspecified atom stereocenters. The van der Waals surface area contributed by atoms with E-state index in [-0.39, 0.29) is 18.6 Å². The first-order valence-corrected chi connectivity index (χ1v) is 8.76. The number of para-hydroxylation sites is 1. The van der Waals surface area contributed by atoms with Crippen molar-refractivity contribution in [2.75, 3.05) is 24.1 Å². The van der Waals surface area contributed by atoms with E-state index in [9.17, 15) is 9.59 Å². The Morgan fingerprint density at radius 3 is 2.43 bits per heavy atom. The molecule has 1 aliphatic rings. The third kappa shape index (κ3) is 3.53. The van der Waals surface area contributed by atoms with E-state index in [1.165, 1.54) is 0 Å². The van der Waals surface area contributed by atoms with E-state index < -0.39 is 0 Å². The van der Waals surface area contributed by atoms with Crippen molar-refractivity contribution in [2.45, 2.75) is 0 Å². The normalized spacial score (nSPS) is 11.8. The van der Waals surface area contributed by atoms with Crippen LogP contribution in [0.4, 0.5) is 11.4 Å². The fourth-order valence-electron chi connectivity index (χ4n) is 2.93. The van der Waals surface area contributed by atoms with Crippen molar-refractivity contribution >= 4 is 23.2 Å². The summed E-state index contributed by atoms with van der Waals surface area (Å²) in [5.41, 5.74) is 2.20. The average Bonchev–Trinajstić information content (AvgIpc) is 3.21. The molecule has 140 valence electrons. The minimum absolute atomic E-state index is 0.172. The highest BCUT2D eigenvalue weighted by Gasteiger charge is 2.17. The second kappa shape index (κ2) is 7.44. The van der Waals surface area contributed by atoms with Crippen LogP contribution in [0.1, 0.15) is 20.7 Å². The Balaban J connectivity index is 1.51. The van der Waals surface area contributed by atoms with Crippen molar-refractivity contribution in [2.24, 2.45) is 0 Å². The van der Waals surface area contributed by atoms with Crippen LogP contribution in [-0.4, -0.2) is 25.7 Å². The van der Waals surface area contributed by atoms with Crippen LogP contribution in [-0.2, 0) is 0 Å². The van der Waals surface area contributed by atoms with Gasteiger partial charge in [0.2, 0.25) is 6.79 Å². The molecule has 0 atom stereocenters. The Hall–Kier alpha value is -3.80. The first-order valence-electron chi connectivity index (χ1n) is 8.76. The van der Waals surface area contributed by atoms with Gasteiger partial charge in [0, 0.05) is 35.6 Å². The molecule has 0 saturated carbocycles. The number of anilines is 2. The predicted molar refractivity (Wildman–Crippen MR) is 106 cm³/mol. The Bertz CT molecular complexity index is 1030. The summed E-state index contributed by atoms with van der Waals surface area (Å²) in [5.74, 6) is 0.737. The Kier molecular flexibility index (Phi) is 4.68. The number of fused-ring (bicyclic) bond motifs is 1. The van der Waals surface area contributed by atoms with Crippen molar-refractivity contribution in [1.29, 1.82) is 0 Å². The fraction of sp³-hybridized carbons (Fsp3) is 0.0909. The molecule has 4 rings (SSSR count). The Morgan fingerprint density at radius 2 is 1.61 bits per heavy atom. The van der Waals surface area contributed by atoms with Crippen molar-refractivity contribution in [1.82, 2.24) is 0 Å². The van der Waals surface area contributed by atoms with Crippen molar-refractivity contribution in [3.05, 3.63) is 83.9 Å². The molecule has 0 spiro atoms. The summed E-state index contributed by atoms with van der Waals surface area (Å²) in [4.78, 5) is 26.9. The SMILES string of the molecule is CN(C(=O)c1cccc(C(=O)Nc2ccc3c(c2)OCO3)c1)c1ccccc1. The third-order valence-corrected chi connectivity index (χ3v) is 4.45. The monoisotopic (exact) mass is 374 g/mol. The van der Waals surface area contributed by atoms with Crippen LogP contribution in [0.2, 0.25) is 0 Å². The van der Waals surface area contributed by atoms with Gasteiger partial charge < -0.3 is 19.7 Å². The minimum Gasteiger partial charge on any atom is -0.454 e. The van der Waals surface area contributed by atoms with Gasteiger partial charge in [0.1, 0.15) is 0 Å². The van der Waals surface area contributed by atoms with E-state index in [4.69, 9.17) is 9.47 Å². The lowest BCUT2D eigenvalue weighted by atomic mass is 10.1. The molecule has 1 heterocycles. The highest BCUT2D eigenvalue weighted by atomic mass is 16.7. The number of carbonyl (C=O) groups excluding carboxylic acids is 2. The standard InChI is InChI=1S/C22H18N2O4/c1-24(18-8-3-2-4-9-18)22(26)16-7-5-6-15(12-16)21(25)23-17-10-11-19-20(13-17)28-14-27-19/h2-13H,14H2,1H3,(H,23,25). The molecule has 1 N–H and O–H groups in total. The van der Waals surface area contributed by atoms with Gasteiger partial charge in [0.05, 0.1) is 0 Å². The quantitative estimate of drug-likeness (QED) is 0.751. The largest absolute Gasteiger partial charge is 0.454 e. The van der Waals surface area contributed by atoms with Gasteiger partial charge in [-0.15, -0.1) is 0 Å². The lowest BCUT2D eigenvalue weighted by Crippen LogP contribution is -2.26. The number of hydrogen-bond donors (Lipinski definition) is 1. The molecule has 3 aromatic rings. The van der Waals surface area contributed by atoms with E-state index in [0.29, 0.717) is 28.3 Å². The number of benzene rings is 3. The highest BCUT2D eigenvalue weighted by molar-refractivity contribution is 6.09. The van der Waals surface area contributed by atoms with Crippen LogP contribution in [0.3, 0.4) is 0 Å². The maximum atomic E-state index is 12.8. The zero-order valence-electron chi connectivity index (χ0n) is 15.2. The third-order valence-electron chi connectivity index (χ3n) is 4.45. The summed E-state index contributed by atoms with van der Waals surface area (Å²) in [6.45, 7) is 0.172. The van der Waals surface area contributed by atoms with Crippen LogP contribution in [0, 0.1) is 0 Å². The van der Waals surface area contributed by atoms with Gasteiger partial charge in [0.25, 0.3) is 11.8 Å². The second-order valence-electron chi connectivity index (χ2n) is 6.30. The summed E-state index contributed by atoms with van der Waals surface area (Å²) in [6, 6.07) is 21.2. The maximum Gasteiger partial charge on any atom is 0.258 e. The molecule has 0 aromatic heterocycles. The molecule has 2 amide bonds. The molecule has 1 aliphatic heterocycles. The van der Waals surface area contributed by atoms with Crippen molar-refractivity contribution in [3.8, 4) is 11.5 Å². The molecule has 0 fully saturated rings. The summed E-state index contributed by atoms with van der Waals surface area (Å²) in [6.07, 6.45) is 0. The summed E-state index contributed by atoms with van der Waals surface area (Å²) in [7, 11) is 1.71. The minimum atomic E-state index is -0.309. The fourth-order valence-corrected chi connectivity index (χ4v) is 2.93. The number of nitrogens with one attached hydrogen (secondary N) is 1. The van der Waals surface area contributed by atoms with Crippen LogP contribution < -0.4 is 19.7 Å². The predicted octanol–water partition coefficient (Wildman–Crippen LogP) is 3.94. The molecule has 3 aromatic carbocycles. The molecular weight excluding hydrogens is 356 g/mol. The number of hydrogen-bond acceptors (Lipinski definition) is 4. The molecule has 28 heavy (non-hydrogen) atoms. The zero-order chi connectivity index (χ0) is 19.5. The average molecular weight is 374 g/mol. The van der Waals surface area contributed by atoms with Crippen LogP contribution in [0.25, 0.3) is 0 Å². The van der Waals surface area contributed by atoms with Crippen molar-refractivity contribution < 1.29 is 19.1 Å².